The first-order valence-electron chi connectivity index (χ1n) is 3.66. The zero-order chi connectivity index (χ0) is 10.3. The van der Waals surface area contributed by atoms with E-state index < -0.39 is 28.5 Å². The van der Waals surface area contributed by atoms with Crippen molar-refractivity contribution in [2.75, 3.05) is 0 Å². The van der Waals surface area contributed by atoms with Crippen molar-refractivity contribution in [2.45, 2.75) is 0 Å². The van der Waals surface area contributed by atoms with Gasteiger partial charge in [0.25, 0.3) is 0 Å². The van der Waals surface area contributed by atoms with Gasteiger partial charge in [0.1, 0.15) is 0 Å². The van der Waals surface area contributed by atoms with Crippen molar-refractivity contribution >= 4 is 11.0 Å². The molecule has 0 unspecified atom stereocenters. The molecular formula is C9H3F3O2. The molecule has 2 nitrogen and oxygen atoms in total. The summed E-state index contributed by atoms with van der Waals surface area (Å²) in [5, 5.41) is -0.316. The summed E-state index contributed by atoms with van der Waals surface area (Å²) >= 11 is 0. The van der Waals surface area contributed by atoms with Gasteiger partial charge >= 0.3 is 0 Å². The van der Waals surface area contributed by atoms with Gasteiger partial charge in [-0.3, -0.25) is 4.79 Å². The van der Waals surface area contributed by atoms with Gasteiger partial charge in [-0.1, -0.05) is 0 Å². The summed E-state index contributed by atoms with van der Waals surface area (Å²) in [6.45, 7) is 0. The van der Waals surface area contributed by atoms with Crippen LogP contribution in [0.4, 0.5) is 13.2 Å². The molecule has 5 heteroatoms. The van der Waals surface area contributed by atoms with E-state index in [1.807, 2.05) is 0 Å². The Bertz CT molecular complexity index is 560. The Morgan fingerprint density at radius 1 is 1.14 bits per heavy atom. The van der Waals surface area contributed by atoms with E-state index >= 15 is 0 Å². The van der Waals surface area contributed by atoms with Crippen LogP contribution in [-0.4, -0.2) is 0 Å². The average Bonchev–Trinajstić information content (AvgIpc) is 2.17. The van der Waals surface area contributed by atoms with Gasteiger partial charge < -0.3 is 4.42 Å². The topological polar surface area (TPSA) is 30.2 Å². The average molecular weight is 200 g/mol. The SMILES string of the molecule is O=c1ccoc2c(F)c(F)c(F)cc12. The van der Waals surface area contributed by atoms with Crippen LogP contribution in [0.2, 0.25) is 0 Å². The van der Waals surface area contributed by atoms with Crippen LogP contribution >= 0.6 is 0 Å². The number of rotatable bonds is 0. The van der Waals surface area contributed by atoms with Crippen LogP contribution in [0.5, 0.6) is 0 Å². The summed E-state index contributed by atoms with van der Waals surface area (Å²) in [6.07, 6.45) is 0.922. The minimum absolute atomic E-state index is 0.316. The molecule has 72 valence electrons. The minimum atomic E-state index is -1.65. The van der Waals surface area contributed by atoms with E-state index in [2.05, 4.69) is 4.42 Å². The van der Waals surface area contributed by atoms with Gasteiger partial charge in [0.15, 0.2) is 22.6 Å². The first-order chi connectivity index (χ1) is 6.61. The zero-order valence-electron chi connectivity index (χ0n) is 6.68. The molecule has 1 heterocycles. The molecule has 0 saturated heterocycles. The summed E-state index contributed by atoms with van der Waals surface area (Å²) in [4.78, 5) is 11.1. The van der Waals surface area contributed by atoms with Crippen molar-refractivity contribution in [1.82, 2.24) is 0 Å². The van der Waals surface area contributed by atoms with Crippen molar-refractivity contribution < 1.29 is 17.6 Å². The third kappa shape index (κ3) is 1.09. The van der Waals surface area contributed by atoms with Crippen LogP contribution < -0.4 is 5.43 Å². The molecule has 0 amide bonds. The third-order valence-corrected chi connectivity index (χ3v) is 1.79. The predicted molar refractivity (Wildman–Crippen MR) is 42.4 cm³/mol. The summed E-state index contributed by atoms with van der Waals surface area (Å²) in [5.41, 5.74) is -1.19. The highest BCUT2D eigenvalue weighted by atomic mass is 19.2. The van der Waals surface area contributed by atoms with Crippen molar-refractivity contribution in [2.24, 2.45) is 0 Å². The first-order valence-corrected chi connectivity index (χ1v) is 3.66. The Labute approximate surface area is 75.6 Å². The summed E-state index contributed by atoms with van der Waals surface area (Å²) in [6, 6.07) is 1.61. The Balaban J connectivity index is 3.06. The maximum absolute atomic E-state index is 13.0. The molecule has 0 spiro atoms. The molecule has 14 heavy (non-hydrogen) atoms. The van der Waals surface area contributed by atoms with Gasteiger partial charge in [-0.2, -0.15) is 4.39 Å². The van der Waals surface area contributed by atoms with E-state index in [1.165, 1.54) is 0 Å². The van der Waals surface area contributed by atoms with Crippen molar-refractivity contribution in [1.29, 1.82) is 0 Å². The fraction of sp³-hybridized carbons (Fsp3) is 0. The summed E-state index contributed by atoms with van der Waals surface area (Å²) in [7, 11) is 0. The van der Waals surface area contributed by atoms with Gasteiger partial charge in [-0.15, -0.1) is 0 Å². The van der Waals surface area contributed by atoms with Crippen LogP contribution in [0.1, 0.15) is 0 Å². The lowest BCUT2D eigenvalue weighted by Gasteiger charge is -1.99. The molecular weight excluding hydrogens is 197 g/mol. The van der Waals surface area contributed by atoms with E-state index in [4.69, 9.17) is 0 Å². The Morgan fingerprint density at radius 2 is 1.86 bits per heavy atom. The summed E-state index contributed by atoms with van der Waals surface area (Å²) in [5.74, 6) is -4.54. The molecule has 2 aromatic rings. The quantitative estimate of drug-likeness (QED) is 0.610. The number of hydrogen-bond acceptors (Lipinski definition) is 2. The standard InChI is InChI=1S/C9H3F3O2/c10-5-3-4-6(13)1-2-14-9(4)8(12)7(5)11/h1-3H. The third-order valence-electron chi connectivity index (χ3n) is 1.79. The molecule has 0 N–H and O–H groups in total. The summed E-state index contributed by atoms with van der Waals surface area (Å²) < 4.78 is 42.9. The molecule has 0 atom stereocenters. The fourth-order valence-electron chi connectivity index (χ4n) is 1.13. The van der Waals surface area contributed by atoms with Crippen LogP contribution in [0.15, 0.2) is 27.6 Å². The molecule has 2 rings (SSSR count). The van der Waals surface area contributed by atoms with Crippen LogP contribution in [0.3, 0.4) is 0 Å². The second-order valence-electron chi connectivity index (χ2n) is 2.65. The monoisotopic (exact) mass is 200 g/mol. The lowest BCUT2D eigenvalue weighted by Crippen LogP contribution is -2.02. The molecule has 0 bridgehead atoms. The molecule has 0 saturated carbocycles. The number of benzene rings is 1. The lowest BCUT2D eigenvalue weighted by atomic mass is 10.2. The van der Waals surface area contributed by atoms with Crippen LogP contribution in [0, 0.1) is 17.5 Å². The molecule has 1 aromatic carbocycles. The number of hydrogen-bond donors (Lipinski definition) is 0. The van der Waals surface area contributed by atoms with Gasteiger partial charge in [0, 0.05) is 6.07 Å². The van der Waals surface area contributed by atoms with E-state index in [0.717, 1.165) is 12.3 Å². The number of halogens is 3. The maximum Gasteiger partial charge on any atom is 0.205 e. The smallest absolute Gasteiger partial charge is 0.205 e. The van der Waals surface area contributed by atoms with E-state index in [-0.39, 0.29) is 5.39 Å². The van der Waals surface area contributed by atoms with E-state index in [0.29, 0.717) is 6.07 Å². The van der Waals surface area contributed by atoms with Gasteiger partial charge in [0.2, 0.25) is 5.82 Å². The second kappa shape index (κ2) is 2.87. The zero-order valence-corrected chi connectivity index (χ0v) is 6.68. The maximum atomic E-state index is 13.0. The minimum Gasteiger partial charge on any atom is -0.461 e. The highest BCUT2D eigenvalue weighted by Gasteiger charge is 2.16. The molecule has 0 aliphatic rings. The van der Waals surface area contributed by atoms with Gasteiger partial charge in [-0.05, 0) is 6.07 Å². The van der Waals surface area contributed by atoms with Gasteiger partial charge in [-0.25, -0.2) is 8.78 Å². The van der Waals surface area contributed by atoms with Crippen molar-refractivity contribution in [3.05, 3.63) is 46.1 Å². The lowest BCUT2D eigenvalue weighted by molar-refractivity contribution is 0.439. The Kier molecular flexibility index (Phi) is 1.80. The highest BCUT2D eigenvalue weighted by Crippen LogP contribution is 2.19. The fourth-order valence-corrected chi connectivity index (χ4v) is 1.13. The molecule has 0 radical (unpaired) electrons. The normalized spacial score (nSPS) is 10.8. The van der Waals surface area contributed by atoms with Crippen molar-refractivity contribution in [3.63, 3.8) is 0 Å². The Hall–Kier alpha value is -1.78. The molecule has 0 fully saturated rings. The second-order valence-corrected chi connectivity index (χ2v) is 2.65. The Morgan fingerprint density at radius 3 is 2.57 bits per heavy atom. The van der Waals surface area contributed by atoms with Crippen LogP contribution in [0.25, 0.3) is 11.0 Å². The molecule has 0 aliphatic heterocycles. The van der Waals surface area contributed by atoms with Gasteiger partial charge in [0.05, 0.1) is 11.6 Å². The highest BCUT2D eigenvalue weighted by molar-refractivity contribution is 5.76. The largest absolute Gasteiger partial charge is 0.461 e. The van der Waals surface area contributed by atoms with E-state index in [1.54, 1.807) is 0 Å². The number of fused-ring (bicyclic) bond motifs is 1. The molecule has 0 aliphatic carbocycles. The predicted octanol–water partition coefficient (Wildman–Crippen LogP) is 2.21. The molecule has 1 aromatic heterocycles. The van der Waals surface area contributed by atoms with E-state index in [9.17, 15) is 18.0 Å². The van der Waals surface area contributed by atoms with Crippen LogP contribution in [-0.2, 0) is 0 Å². The van der Waals surface area contributed by atoms with Crippen molar-refractivity contribution in [3.8, 4) is 0 Å². The first kappa shape index (κ1) is 8.80.